The molecule has 1 fully saturated rings. The predicted molar refractivity (Wildman–Crippen MR) is 135 cm³/mol. The number of rotatable bonds is 6. The highest BCUT2D eigenvalue weighted by atomic mass is 16.2. The summed E-state index contributed by atoms with van der Waals surface area (Å²) in [6.07, 6.45) is 9.95. The zero-order valence-electron chi connectivity index (χ0n) is 21.0. The zero-order valence-corrected chi connectivity index (χ0v) is 21.0. The van der Waals surface area contributed by atoms with Gasteiger partial charge in [-0.2, -0.15) is 0 Å². The smallest absolute Gasteiger partial charge is 0.227 e. The fourth-order valence-corrected chi connectivity index (χ4v) is 5.86. The molecule has 33 heavy (non-hydrogen) atoms. The highest BCUT2D eigenvalue weighted by molar-refractivity contribution is 5.79. The van der Waals surface area contributed by atoms with Crippen LogP contribution in [0.15, 0.2) is 48.8 Å². The van der Waals surface area contributed by atoms with Gasteiger partial charge in [-0.3, -0.25) is 9.78 Å². The quantitative estimate of drug-likeness (QED) is 0.563. The maximum Gasteiger partial charge on any atom is 0.227 e. The first kappa shape index (κ1) is 23.9. The summed E-state index contributed by atoms with van der Waals surface area (Å²) in [7, 11) is 0. The molecule has 2 aromatic rings. The minimum absolute atomic E-state index is 0.180. The van der Waals surface area contributed by atoms with Crippen LogP contribution in [0.5, 0.6) is 0 Å². The molecule has 4 rings (SSSR count). The molecule has 1 aliphatic heterocycles. The number of hydrogen-bond acceptors (Lipinski definition) is 3. The van der Waals surface area contributed by atoms with E-state index in [1.807, 2.05) is 18.3 Å². The Labute approximate surface area is 200 Å². The SMILES string of the molecule is CCN(C(=O)Cc1cccnc1)[C@H]1CCC2(CCN(CCC(C)(C)C)CC2)c2ccccc21. The fourth-order valence-electron chi connectivity index (χ4n) is 5.86. The van der Waals surface area contributed by atoms with Crippen molar-refractivity contribution in [2.75, 3.05) is 26.2 Å². The molecule has 0 unspecified atom stereocenters. The molecule has 1 atom stereocenters. The number of benzene rings is 1. The summed E-state index contributed by atoms with van der Waals surface area (Å²) >= 11 is 0. The van der Waals surface area contributed by atoms with Gasteiger partial charge in [-0.15, -0.1) is 0 Å². The molecule has 0 radical (unpaired) electrons. The first-order valence-corrected chi connectivity index (χ1v) is 12.8. The number of carbonyl (C=O) groups is 1. The van der Waals surface area contributed by atoms with Crippen LogP contribution in [-0.2, 0) is 16.6 Å². The van der Waals surface area contributed by atoms with Gasteiger partial charge >= 0.3 is 0 Å². The third-order valence-electron chi connectivity index (χ3n) is 7.89. The van der Waals surface area contributed by atoms with E-state index in [0.717, 1.165) is 18.5 Å². The summed E-state index contributed by atoms with van der Waals surface area (Å²) in [5, 5.41) is 0. The summed E-state index contributed by atoms with van der Waals surface area (Å²) in [4.78, 5) is 22.3. The second-order valence-corrected chi connectivity index (χ2v) is 11.3. The second kappa shape index (κ2) is 9.97. The Morgan fingerprint density at radius 1 is 1.12 bits per heavy atom. The minimum atomic E-state index is 0.180. The van der Waals surface area contributed by atoms with Crippen molar-refractivity contribution in [2.24, 2.45) is 5.41 Å². The van der Waals surface area contributed by atoms with Crippen molar-refractivity contribution >= 4 is 5.91 Å². The van der Waals surface area contributed by atoms with Crippen LogP contribution in [-0.4, -0.2) is 46.9 Å². The number of aromatic nitrogens is 1. The number of likely N-dealkylation sites (N-methyl/N-ethyl adjacent to an activating group) is 1. The van der Waals surface area contributed by atoms with Crippen LogP contribution in [0.1, 0.15) is 82.5 Å². The van der Waals surface area contributed by atoms with Crippen LogP contribution in [0.3, 0.4) is 0 Å². The van der Waals surface area contributed by atoms with E-state index in [9.17, 15) is 4.79 Å². The number of hydrogen-bond donors (Lipinski definition) is 0. The molecule has 4 heteroatoms. The van der Waals surface area contributed by atoms with Crippen molar-refractivity contribution < 1.29 is 4.79 Å². The van der Waals surface area contributed by atoms with Crippen molar-refractivity contribution in [3.63, 3.8) is 0 Å². The van der Waals surface area contributed by atoms with Gasteiger partial charge in [0.05, 0.1) is 12.5 Å². The Kier molecular flexibility index (Phi) is 7.23. The number of piperidine rings is 1. The van der Waals surface area contributed by atoms with E-state index in [1.165, 1.54) is 56.4 Å². The van der Waals surface area contributed by atoms with Crippen LogP contribution in [0, 0.1) is 5.41 Å². The first-order chi connectivity index (χ1) is 15.8. The van der Waals surface area contributed by atoms with Gasteiger partial charge in [0, 0.05) is 18.9 Å². The van der Waals surface area contributed by atoms with Crippen LogP contribution in [0.25, 0.3) is 0 Å². The lowest BCUT2D eigenvalue weighted by Gasteiger charge is -2.49. The Bertz CT molecular complexity index is 925. The van der Waals surface area contributed by atoms with Crippen molar-refractivity contribution in [1.82, 2.24) is 14.8 Å². The first-order valence-electron chi connectivity index (χ1n) is 12.8. The Morgan fingerprint density at radius 2 is 1.88 bits per heavy atom. The van der Waals surface area contributed by atoms with E-state index >= 15 is 0 Å². The molecule has 1 aromatic heterocycles. The summed E-state index contributed by atoms with van der Waals surface area (Å²) in [6, 6.07) is 13.1. The van der Waals surface area contributed by atoms with Crippen LogP contribution in [0.4, 0.5) is 0 Å². The number of pyridine rings is 1. The molecule has 1 spiro atoms. The predicted octanol–water partition coefficient (Wildman–Crippen LogP) is 5.78. The average Bonchev–Trinajstić information content (AvgIpc) is 2.81. The van der Waals surface area contributed by atoms with Gasteiger partial charge in [0.25, 0.3) is 0 Å². The standard InChI is InChI=1S/C29H41N3O/c1-5-32(27(33)21-23-9-8-17-30-22-23)26-12-13-29(25-11-7-6-10-24(25)26)15-19-31(20-16-29)18-14-28(2,3)4/h6-11,17,22,26H,5,12-16,18-21H2,1-4H3/t26-/m0/s1. The molecular formula is C29H41N3O. The summed E-state index contributed by atoms with van der Waals surface area (Å²) in [5.41, 5.74) is 4.55. The molecule has 1 aromatic carbocycles. The fraction of sp³-hybridized carbons (Fsp3) is 0.586. The van der Waals surface area contributed by atoms with E-state index in [1.54, 1.807) is 6.20 Å². The second-order valence-electron chi connectivity index (χ2n) is 11.3. The molecule has 1 saturated heterocycles. The van der Waals surface area contributed by atoms with E-state index in [-0.39, 0.29) is 17.4 Å². The molecule has 2 heterocycles. The number of amides is 1. The van der Waals surface area contributed by atoms with Crippen molar-refractivity contribution in [3.05, 3.63) is 65.5 Å². The van der Waals surface area contributed by atoms with Crippen LogP contribution in [0.2, 0.25) is 0 Å². The lowest BCUT2D eigenvalue weighted by Crippen LogP contribution is -2.47. The van der Waals surface area contributed by atoms with Gasteiger partial charge in [0.1, 0.15) is 0 Å². The van der Waals surface area contributed by atoms with Crippen molar-refractivity contribution in [1.29, 1.82) is 0 Å². The van der Waals surface area contributed by atoms with Crippen LogP contribution >= 0.6 is 0 Å². The monoisotopic (exact) mass is 447 g/mol. The van der Waals surface area contributed by atoms with Gasteiger partial charge in [-0.25, -0.2) is 0 Å². The van der Waals surface area contributed by atoms with Gasteiger partial charge in [-0.1, -0.05) is 51.1 Å². The molecule has 1 amide bonds. The van der Waals surface area contributed by atoms with Gasteiger partial charge in [0.2, 0.25) is 5.91 Å². The lowest BCUT2D eigenvalue weighted by atomic mass is 9.63. The van der Waals surface area contributed by atoms with E-state index < -0.39 is 0 Å². The maximum atomic E-state index is 13.3. The highest BCUT2D eigenvalue weighted by Crippen LogP contribution is 2.49. The largest absolute Gasteiger partial charge is 0.336 e. The molecule has 2 aliphatic rings. The Morgan fingerprint density at radius 3 is 2.55 bits per heavy atom. The number of fused-ring (bicyclic) bond motifs is 2. The molecule has 4 nitrogen and oxygen atoms in total. The topological polar surface area (TPSA) is 36.4 Å². The van der Waals surface area contributed by atoms with E-state index in [0.29, 0.717) is 11.8 Å². The third kappa shape index (κ3) is 5.48. The molecule has 0 saturated carbocycles. The Balaban J connectivity index is 1.50. The maximum absolute atomic E-state index is 13.3. The average molecular weight is 448 g/mol. The third-order valence-corrected chi connectivity index (χ3v) is 7.89. The lowest BCUT2D eigenvalue weighted by molar-refractivity contribution is -0.133. The summed E-state index contributed by atoms with van der Waals surface area (Å²) < 4.78 is 0. The van der Waals surface area contributed by atoms with E-state index in [2.05, 4.69) is 66.7 Å². The number of likely N-dealkylation sites (tertiary alicyclic amines) is 1. The van der Waals surface area contributed by atoms with Gasteiger partial charge in [0.15, 0.2) is 0 Å². The molecule has 178 valence electrons. The highest BCUT2D eigenvalue weighted by Gasteiger charge is 2.43. The normalized spacial score (nSPS) is 20.4. The zero-order chi connectivity index (χ0) is 23.5. The molecule has 1 aliphatic carbocycles. The van der Waals surface area contributed by atoms with Crippen molar-refractivity contribution in [3.8, 4) is 0 Å². The number of nitrogens with zero attached hydrogens (tertiary/aromatic N) is 3. The minimum Gasteiger partial charge on any atom is -0.336 e. The van der Waals surface area contributed by atoms with Crippen molar-refractivity contribution in [2.45, 2.75) is 77.7 Å². The molecule has 0 N–H and O–H groups in total. The van der Waals surface area contributed by atoms with E-state index in [4.69, 9.17) is 0 Å². The van der Waals surface area contributed by atoms with Crippen LogP contribution < -0.4 is 0 Å². The van der Waals surface area contributed by atoms with Gasteiger partial charge in [-0.05, 0) is 92.2 Å². The summed E-state index contributed by atoms with van der Waals surface area (Å²) in [5.74, 6) is 0.207. The van der Waals surface area contributed by atoms with Gasteiger partial charge < -0.3 is 9.80 Å². The molecular weight excluding hydrogens is 406 g/mol. The molecule has 0 bridgehead atoms. The number of carbonyl (C=O) groups excluding carboxylic acids is 1. The summed E-state index contributed by atoms with van der Waals surface area (Å²) in [6.45, 7) is 13.4. The Hall–Kier alpha value is -2.20.